The van der Waals surface area contributed by atoms with E-state index < -0.39 is 17.8 Å². The lowest BCUT2D eigenvalue weighted by Gasteiger charge is -2.29. The Bertz CT molecular complexity index is 1490. The molecule has 0 spiro atoms. The van der Waals surface area contributed by atoms with Gasteiger partial charge in [0.25, 0.3) is 5.56 Å². The standard InChI is InChI=1S/C27H28FN3O4S/c1-4-34-26(33)23-17(3)29-27-31(24(23)18-5-7-19(28)8-6-18)25(32)21(36-27)15-20-9-10-22(35-20)30-13-11-16(2)12-14-30/h5-10,15-16,24H,4,11-14H2,1-3H3/b21-15+. The van der Waals surface area contributed by atoms with Crippen molar-refractivity contribution in [1.82, 2.24) is 4.57 Å². The number of carbonyl (C=O) groups excluding carboxylic acids is 1. The molecule has 0 bridgehead atoms. The number of allylic oxidation sites excluding steroid dienone is 1. The molecule has 2 aliphatic heterocycles. The smallest absolute Gasteiger partial charge is 0.338 e. The quantitative estimate of drug-likeness (QED) is 0.490. The summed E-state index contributed by atoms with van der Waals surface area (Å²) in [4.78, 5) is 33.8. The molecule has 1 saturated heterocycles. The minimum Gasteiger partial charge on any atom is -0.463 e. The van der Waals surface area contributed by atoms with Crippen molar-refractivity contribution in [2.24, 2.45) is 10.9 Å². The molecule has 0 N–H and O–H groups in total. The van der Waals surface area contributed by atoms with Crippen molar-refractivity contribution >= 4 is 29.3 Å². The molecule has 5 rings (SSSR count). The molecule has 0 saturated carbocycles. The summed E-state index contributed by atoms with van der Waals surface area (Å²) in [6.07, 6.45) is 3.96. The van der Waals surface area contributed by atoms with Gasteiger partial charge in [-0.25, -0.2) is 14.2 Å². The third-order valence-corrected chi connectivity index (χ3v) is 7.67. The Morgan fingerprint density at radius 2 is 1.94 bits per heavy atom. The second-order valence-corrected chi connectivity index (χ2v) is 10.2. The number of hydrogen-bond donors (Lipinski definition) is 0. The number of esters is 1. The largest absolute Gasteiger partial charge is 0.463 e. The van der Waals surface area contributed by atoms with Gasteiger partial charge >= 0.3 is 5.97 Å². The number of nitrogens with zero attached hydrogens (tertiary/aromatic N) is 3. The molecule has 0 aliphatic carbocycles. The Labute approximate surface area is 211 Å². The van der Waals surface area contributed by atoms with Crippen LogP contribution in [0.5, 0.6) is 0 Å². The number of piperidine rings is 1. The summed E-state index contributed by atoms with van der Waals surface area (Å²) in [5.74, 6) is 1.14. The summed E-state index contributed by atoms with van der Waals surface area (Å²) in [6.45, 7) is 7.79. The topological polar surface area (TPSA) is 77.0 Å². The van der Waals surface area contributed by atoms with Crippen LogP contribution in [0.2, 0.25) is 0 Å². The normalized spacial score (nSPS) is 18.8. The number of hydrogen-bond acceptors (Lipinski definition) is 7. The Morgan fingerprint density at radius 3 is 2.64 bits per heavy atom. The zero-order chi connectivity index (χ0) is 25.4. The van der Waals surface area contributed by atoms with Gasteiger partial charge in [0.15, 0.2) is 10.7 Å². The highest BCUT2D eigenvalue weighted by Crippen LogP contribution is 2.31. The van der Waals surface area contributed by atoms with Crippen LogP contribution in [0.25, 0.3) is 6.08 Å². The Morgan fingerprint density at radius 1 is 1.22 bits per heavy atom. The van der Waals surface area contributed by atoms with Crippen LogP contribution >= 0.6 is 11.3 Å². The van der Waals surface area contributed by atoms with Crippen LogP contribution in [0.15, 0.2) is 61.9 Å². The molecule has 0 radical (unpaired) electrons. The number of carbonyl (C=O) groups is 1. The van der Waals surface area contributed by atoms with Gasteiger partial charge < -0.3 is 14.1 Å². The molecule has 7 nitrogen and oxygen atoms in total. The van der Waals surface area contributed by atoms with E-state index in [0.29, 0.717) is 32.3 Å². The molecule has 36 heavy (non-hydrogen) atoms. The molecular formula is C27H28FN3O4S. The fourth-order valence-corrected chi connectivity index (χ4v) is 5.73. The van der Waals surface area contributed by atoms with E-state index in [2.05, 4.69) is 16.8 Å². The molecule has 2 aliphatic rings. The second-order valence-electron chi connectivity index (χ2n) is 9.20. The summed E-state index contributed by atoms with van der Waals surface area (Å²) in [5.41, 5.74) is 1.03. The molecule has 1 unspecified atom stereocenters. The van der Waals surface area contributed by atoms with Gasteiger partial charge in [-0.3, -0.25) is 9.36 Å². The van der Waals surface area contributed by atoms with E-state index in [1.807, 2.05) is 12.1 Å². The predicted molar refractivity (Wildman–Crippen MR) is 136 cm³/mol. The molecule has 2 aromatic heterocycles. The lowest BCUT2D eigenvalue weighted by molar-refractivity contribution is -0.139. The maximum absolute atomic E-state index is 13.7. The van der Waals surface area contributed by atoms with Gasteiger partial charge in [-0.15, -0.1) is 0 Å². The van der Waals surface area contributed by atoms with Crippen LogP contribution in [-0.2, 0) is 9.53 Å². The van der Waals surface area contributed by atoms with E-state index in [4.69, 9.17) is 9.15 Å². The first-order valence-electron chi connectivity index (χ1n) is 12.2. The fraction of sp³-hybridized carbons (Fsp3) is 0.370. The molecule has 4 heterocycles. The first kappa shape index (κ1) is 24.2. The minimum atomic E-state index is -0.773. The fourth-order valence-electron chi connectivity index (χ4n) is 4.70. The number of ether oxygens (including phenoxy) is 1. The highest BCUT2D eigenvalue weighted by molar-refractivity contribution is 7.07. The maximum atomic E-state index is 13.7. The number of benzene rings is 1. The zero-order valence-electron chi connectivity index (χ0n) is 20.5. The van der Waals surface area contributed by atoms with Crippen LogP contribution in [0.4, 0.5) is 10.3 Å². The monoisotopic (exact) mass is 509 g/mol. The molecule has 1 atom stereocenters. The van der Waals surface area contributed by atoms with Gasteiger partial charge in [0.1, 0.15) is 11.6 Å². The molecule has 188 valence electrons. The lowest BCUT2D eigenvalue weighted by Crippen LogP contribution is -2.39. The first-order valence-corrected chi connectivity index (χ1v) is 13.0. The highest BCUT2D eigenvalue weighted by atomic mass is 32.1. The second kappa shape index (κ2) is 9.89. The first-order chi connectivity index (χ1) is 17.4. The molecule has 0 amide bonds. The van der Waals surface area contributed by atoms with Crippen LogP contribution in [-0.4, -0.2) is 30.2 Å². The third-order valence-electron chi connectivity index (χ3n) is 6.68. The van der Waals surface area contributed by atoms with E-state index >= 15 is 0 Å². The number of anilines is 1. The minimum absolute atomic E-state index is 0.187. The average molecular weight is 510 g/mol. The van der Waals surface area contributed by atoms with Crippen molar-refractivity contribution in [1.29, 1.82) is 0 Å². The van der Waals surface area contributed by atoms with Crippen LogP contribution in [0.3, 0.4) is 0 Å². The summed E-state index contributed by atoms with van der Waals surface area (Å²) in [5, 5.41) is 0. The third kappa shape index (κ3) is 4.55. The van der Waals surface area contributed by atoms with Crippen molar-refractivity contribution in [3.05, 3.63) is 84.5 Å². The SMILES string of the molecule is CCOC(=O)C1=C(C)N=c2s/c(=C/c3ccc(N4CCC(C)CC4)o3)c(=O)n2C1c1ccc(F)cc1. The molecular weight excluding hydrogens is 481 g/mol. The zero-order valence-corrected chi connectivity index (χ0v) is 21.3. The van der Waals surface area contributed by atoms with Crippen LogP contribution in [0.1, 0.15) is 51.0 Å². The summed E-state index contributed by atoms with van der Waals surface area (Å²) < 4.78 is 26.9. The van der Waals surface area contributed by atoms with Crippen LogP contribution < -0.4 is 19.8 Å². The lowest BCUT2D eigenvalue weighted by atomic mass is 9.96. The number of furan rings is 1. The van der Waals surface area contributed by atoms with E-state index in [-0.39, 0.29) is 17.7 Å². The maximum Gasteiger partial charge on any atom is 0.338 e. The molecule has 9 heteroatoms. The van der Waals surface area contributed by atoms with Gasteiger partial charge in [0.2, 0.25) is 0 Å². The van der Waals surface area contributed by atoms with Gasteiger partial charge in [-0.2, -0.15) is 0 Å². The van der Waals surface area contributed by atoms with E-state index in [1.165, 1.54) is 28.0 Å². The van der Waals surface area contributed by atoms with Gasteiger partial charge in [-0.05, 0) is 56.4 Å². The molecule has 3 aromatic rings. The molecule has 1 aromatic carbocycles. The van der Waals surface area contributed by atoms with Crippen molar-refractivity contribution in [2.45, 2.75) is 39.7 Å². The van der Waals surface area contributed by atoms with Crippen molar-refractivity contribution in [2.75, 3.05) is 24.6 Å². The van der Waals surface area contributed by atoms with Gasteiger partial charge in [0.05, 0.1) is 28.5 Å². The predicted octanol–water partition coefficient (Wildman–Crippen LogP) is 3.77. The highest BCUT2D eigenvalue weighted by Gasteiger charge is 2.33. The number of rotatable bonds is 5. The van der Waals surface area contributed by atoms with Crippen molar-refractivity contribution in [3.8, 4) is 0 Å². The van der Waals surface area contributed by atoms with E-state index in [9.17, 15) is 14.0 Å². The number of fused-ring (bicyclic) bond motifs is 1. The van der Waals surface area contributed by atoms with Gasteiger partial charge in [-0.1, -0.05) is 30.4 Å². The van der Waals surface area contributed by atoms with Crippen LogP contribution in [0, 0.1) is 11.7 Å². The Kier molecular flexibility index (Phi) is 6.66. The Balaban J connectivity index is 1.58. The summed E-state index contributed by atoms with van der Waals surface area (Å²) in [7, 11) is 0. The van der Waals surface area contributed by atoms with Crippen molar-refractivity contribution < 1.29 is 18.3 Å². The van der Waals surface area contributed by atoms with Crippen molar-refractivity contribution in [3.63, 3.8) is 0 Å². The summed E-state index contributed by atoms with van der Waals surface area (Å²) >= 11 is 1.23. The number of halogens is 1. The number of thiazole rings is 1. The van der Waals surface area contributed by atoms with E-state index in [0.717, 1.165) is 31.8 Å². The average Bonchev–Trinajstić information content (AvgIpc) is 3.44. The Hall–Kier alpha value is -3.46. The van der Waals surface area contributed by atoms with Gasteiger partial charge in [0, 0.05) is 25.2 Å². The van der Waals surface area contributed by atoms with E-state index in [1.54, 1.807) is 32.1 Å². The summed E-state index contributed by atoms with van der Waals surface area (Å²) in [6, 6.07) is 8.80. The number of aromatic nitrogens is 1. The molecule has 1 fully saturated rings.